The van der Waals surface area contributed by atoms with Crippen LogP contribution in [-0.2, 0) is 13.0 Å². The number of nitrogens with zero attached hydrogens (tertiary/aromatic N) is 3. The van der Waals surface area contributed by atoms with Crippen LogP contribution in [0.5, 0.6) is 17.2 Å². The first-order chi connectivity index (χ1) is 15.7. The molecule has 0 radical (unpaired) electrons. The van der Waals surface area contributed by atoms with Crippen molar-refractivity contribution in [2.24, 2.45) is 0 Å². The lowest BCUT2D eigenvalue weighted by molar-refractivity contribution is 0.110. The summed E-state index contributed by atoms with van der Waals surface area (Å²) in [5.41, 5.74) is 1.06. The van der Waals surface area contributed by atoms with Crippen LogP contribution in [0.25, 0.3) is 0 Å². The zero-order valence-electron chi connectivity index (χ0n) is 18.4. The zero-order valence-corrected chi connectivity index (χ0v) is 18.4. The average Bonchev–Trinajstić information content (AvgIpc) is 3.29. The fraction of sp³-hybridized carbons (Fsp3) is 0.417. The predicted octanol–water partition coefficient (Wildman–Crippen LogP) is 4.57. The number of ether oxygens (including phenoxy) is 3. The second-order valence-electron chi connectivity index (χ2n) is 7.74. The molecule has 0 saturated carbocycles. The summed E-state index contributed by atoms with van der Waals surface area (Å²) in [5.74, 6) is 3.03. The van der Waals surface area contributed by atoms with Crippen molar-refractivity contribution in [3.8, 4) is 17.2 Å². The smallest absolute Gasteiger partial charge is 0.244 e. The first kappa shape index (κ1) is 22.1. The van der Waals surface area contributed by atoms with E-state index in [9.17, 15) is 4.39 Å². The number of para-hydroxylation sites is 1. The Morgan fingerprint density at radius 3 is 2.72 bits per heavy atom. The van der Waals surface area contributed by atoms with Crippen molar-refractivity contribution in [3.63, 3.8) is 0 Å². The molecule has 0 spiro atoms. The highest BCUT2D eigenvalue weighted by Crippen LogP contribution is 2.36. The highest BCUT2D eigenvalue weighted by molar-refractivity contribution is 5.46. The third-order valence-electron chi connectivity index (χ3n) is 5.65. The monoisotopic (exact) mass is 441 g/mol. The lowest BCUT2D eigenvalue weighted by Gasteiger charge is -2.33. The number of rotatable bonds is 9. The van der Waals surface area contributed by atoms with Crippen molar-refractivity contribution in [3.05, 3.63) is 65.6 Å². The third kappa shape index (κ3) is 5.19. The van der Waals surface area contributed by atoms with Crippen molar-refractivity contribution in [2.45, 2.75) is 38.3 Å². The van der Waals surface area contributed by atoms with Gasteiger partial charge in [-0.15, -0.1) is 0 Å². The third-order valence-corrected chi connectivity index (χ3v) is 5.65. The van der Waals surface area contributed by atoms with Gasteiger partial charge in [0.25, 0.3) is 0 Å². The van der Waals surface area contributed by atoms with Crippen molar-refractivity contribution >= 4 is 0 Å². The molecule has 1 aromatic heterocycles. The van der Waals surface area contributed by atoms with Crippen molar-refractivity contribution in [2.75, 3.05) is 27.4 Å². The second kappa shape index (κ2) is 10.5. The molecule has 0 bridgehead atoms. The second-order valence-corrected chi connectivity index (χ2v) is 7.74. The summed E-state index contributed by atoms with van der Waals surface area (Å²) in [6, 6.07) is 11.9. The topological polar surface area (TPSA) is 69.9 Å². The van der Waals surface area contributed by atoms with E-state index in [2.05, 4.69) is 21.1 Å². The molecule has 1 saturated heterocycles. The Hall–Kier alpha value is -3.13. The number of aromatic nitrogens is 2. The highest BCUT2D eigenvalue weighted by Gasteiger charge is 2.29. The molecule has 32 heavy (non-hydrogen) atoms. The molecule has 8 heteroatoms. The molecule has 2 heterocycles. The lowest BCUT2D eigenvalue weighted by atomic mass is 10.0. The lowest BCUT2D eigenvalue weighted by Crippen LogP contribution is -2.33. The SMILES string of the molecule is COc1cccc(CN2CCCCC2c2nc(CCOc3ccc(F)cc3)no2)c1OC. The van der Waals surface area contributed by atoms with Gasteiger partial charge in [-0.25, -0.2) is 4.39 Å². The van der Waals surface area contributed by atoms with E-state index >= 15 is 0 Å². The Bertz CT molecular complexity index is 1010. The molecule has 1 fully saturated rings. The Labute approximate surface area is 187 Å². The summed E-state index contributed by atoms with van der Waals surface area (Å²) in [7, 11) is 3.30. The number of benzene rings is 2. The maximum Gasteiger partial charge on any atom is 0.244 e. The number of piperidine rings is 1. The molecule has 1 aliphatic rings. The summed E-state index contributed by atoms with van der Waals surface area (Å²) in [5, 5.41) is 4.14. The quantitative estimate of drug-likeness (QED) is 0.482. The van der Waals surface area contributed by atoms with Crippen molar-refractivity contribution < 1.29 is 23.1 Å². The minimum atomic E-state index is -0.288. The number of likely N-dealkylation sites (tertiary alicyclic amines) is 1. The van der Waals surface area contributed by atoms with E-state index in [1.54, 1.807) is 26.4 Å². The number of hydrogen-bond acceptors (Lipinski definition) is 7. The Morgan fingerprint density at radius 2 is 1.94 bits per heavy atom. The van der Waals surface area contributed by atoms with Crippen LogP contribution in [0.3, 0.4) is 0 Å². The fourth-order valence-electron chi connectivity index (χ4n) is 4.05. The van der Waals surface area contributed by atoms with Gasteiger partial charge in [-0.3, -0.25) is 4.90 Å². The van der Waals surface area contributed by atoms with Gasteiger partial charge in [0.1, 0.15) is 11.6 Å². The van der Waals surface area contributed by atoms with Crippen LogP contribution >= 0.6 is 0 Å². The number of methoxy groups -OCH3 is 2. The molecule has 0 aliphatic carbocycles. The van der Waals surface area contributed by atoms with E-state index < -0.39 is 0 Å². The van der Waals surface area contributed by atoms with Gasteiger partial charge in [-0.05, 0) is 49.7 Å². The first-order valence-electron chi connectivity index (χ1n) is 10.8. The minimum Gasteiger partial charge on any atom is -0.493 e. The van der Waals surface area contributed by atoms with E-state index in [-0.39, 0.29) is 11.9 Å². The van der Waals surface area contributed by atoms with Crippen molar-refractivity contribution in [1.29, 1.82) is 0 Å². The zero-order chi connectivity index (χ0) is 22.3. The van der Waals surface area contributed by atoms with Crippen LogP contribution in [0.2, 0.25) is 0 Å². The molecule has 2 aromatic carbocycles. The van der Waals surface area contributed by atoms with E-state index in [4.69, 9.17) is 18.7 Å². The summed E-state index contributed by atoms with van der Waals surface area (Å²) >= 11 is 0. The molecule has 7 nitrogen and oxygen atoms in total. The average molecular weight is 442 g/mol. The summed E-state index contributed by atoms with van der Waals surface area (Å²) in [4.78, 5) is 6.99. The molecule has 1 aliphatic heterocycles. The molecular weight excluding hydrogens is 413 g/mol. The van der Waals surface area contributed by atoms with Crippen molar-refractivity contribution in [1.82, 2.24) is 15.0 Å². The van der Waals surface area contributed by atoms with Crippen LogP contribution in [0.4, 0.5) is 4.39 Å². The Morgan fingerprint density at radius 1 is 1.09 bits per heavy atom. The summed E-state index contributed by atoms with van der Waals surface area (Å²) in [6.45, 7) is 2.03. The summed E-state index contributed by atoms with van der Waals surface area (Å²) < 4.78 is 35.3. The van der Waals surface area contributed by atoms with E-state index in [1.807, 2.05) is 12.1 Å². The summed E-state index contributed by atoms with van der Waals surface area (Å²) in [6.07, 6.45) is 3.70. The predicted molar refractivity (Wildman–Crippen MR) is 116 cm³/mol. The van der Waals surface area contributed by atoms with Gasteiger partial charge in [0.05, 0.1) is 26.9 Å². The van der Waals surface area contributed by atoms with Crippen LogP contribution in [0, 0.1) is 5.82 Å². The van der Waals surface area contributed by atoms with Crippen LogP contribution in [-0.4, -0.2) is 42.4 Å². The Kier molecular flexibility index (Phi) is 7.21. The van der Waals surface area contributed by atoms with Gasteiger partial charge < -0.3 is 18.7 Å². The molecule has 0 N–H and O–H groups in total. The maximum atomic E-state index is 13.0. The normalized spacial score (nSPS) is 16.7. The standard InChI is InChI=1S/C24H28FN3O4/c1-29-21-8-5-6-17(23(21)30-2)16-28-14-4-3-7-20(28)24-26-22(27-32-24)13-15-31-19-11-9-18(25)10-12-19/h5-6,8-12,20H,3-4,7,13-16H2,1-2H3. The fourth-order valence-corrected chi connectivity index (χ4v) is 4.05. The maximum absolute atomic E-state index is 13.0. The molecule has 1 atom stereocenters. The van der Waals surface area contributed by atoms with Crippen LogP contribution in [0.15, 0.2) is 47.0 Å². The van der Waals surface area contributed by atoms with E-state index in [1.165, 1.54) is 12.1 Å². The molecule has 3 aromatic rings. The molecular formula is C24H28FN3O4. The van der Waals surface area contributed by atoms with Gasteiger partial charge in [0.15, 0.2) is 17.3 Å². The number of halogens is 1. The van der Waals surface area contributed by atoms with Gasteiger partial charge in [-0.1, -0.05) is 23.7 Å². The van der Waals surface area contributed by atoms with Gasteiger partial charge in [0.2, 0.25) is 5.89 Å². The van der Waals surface area contributed by atoms with Crippen LogP contribution in [0.1, 0.15) is 42.6 Å². The molecule has 0 amide bonds. The minimum absolute atomic E-state index is 0.0546. The Balaban J connectivity index is 1.41. The first-order valence-corrected chi connectivity index (χ1v) is 10.8. The van der Waals surface area contributed by atoms with Gasteiger partial charge in [0, 0.05) is 18.5 Å². The highest BCUT2D eigenvalue weighted by atomic mass is 19.1. The van der Waals surface area contributed by atoms with Gasteiger partial charge in [-0.2, -0.15) is 4.98 Å². The largest absolute Gasteiger partial charge is 0.493 e. The van der Waals surface area contributed by atoms with Gasteiger partial charge >= 0.3 is 0 Å². The molecule has 1 unspecified atom stereocenters. The van der Waals surface area contributed by atoms with Crippen LogP contribution < -0.4 is 14.2 Å². The van der Waals surface area contributed by atoms with E-state index in [0.717, 1.165) is 42.9 Å². The molecule has 4 rings (SSSR count). The molecule has 170 valence electrons. The number of hydrogen-bond donors (Lipinski definition) is 0. The van der Waals surface area contributed by atoms with E-state index in [0.29, 0.717) is 37.0 Å².